The van der Waals surface area contributed by atoms with E-state index in [4.69, 9.17) is 19.7 Å². The number of likely N-dealkylation sites (N-methyl/N-ethyl adjacent to an activating group) is 1. The largest absolute Gasteiger partial charge is 0.462 e. The van der Waals surface area contributed by atoms with Gasteiger partial charge in [-0.1, -0.05) is 6.58 Å². The van der Waals surface area contributed by atoms with Crippen LogP contribution in [0, 0.1) is 11.3 Å². The Morgan fingerprint density at radius 2 is 1.86 bits per heavy atom. The van der Waals surface area contributed by atoms with Gasteiger partial charge in [0, 0.05) is 56.9 Å². The summed E-state index contributed by atoms with van der Waals surface area (Å²) >= 11 is 0. The Bertz CT molecular complexity index is 1430. The van der Waals surface area contributed by atoms with E-state index in [-0.39, 0.29) is 13.0 Å². The van der Waals surface area contributed by atoms with Crippen molar-refractivity contribution in [3.05, 3.63) is 35.6 Å². The number of hydrogen-bond acceptors (Lipinski definition) is 11. The molecule has 2 aromatic heterocycles. The fourth-order valence-corrected chi connectivity index (χ4v) is 6.83. The van der Waals surface area contributed by atoms with E-state index >= 15 is 0 Å². The summed E-state index contributed by atoms with van der Waals surface area (Å²) in [6.07, 6.45) is 6.64. The van der Waals surface area contributed by atoms with Crippen molar-refractivity contribution in [1.29, 1.82) is 5.26 Å². The first-order valence-corrected chi connectivity index (χ1v) is 15.1. The molecule has 1 amide bonds. The van der Waals surface area contributed by atoms with Crippen molar-refractivity contribution in [1.82, 2.24) is 29.7 Å². The molecule has 2 saturated heterocycles. The topological polar surface area (TPSA) is 118 Å². The maximum Gasteiger partial charge on any atom is 0.318 e. The fraction of sp³-hybridized carbons (Fsp3) is 0.600. The van der Waals surface area contributed by atoms with E-state index in [1.54, 1.807) is 6.33 Å². The zero-order chi connectivity index (χ0) is 30.1. The first-order chi connectivity index (χ1) is 20.8. The van der Waals surface area contributed by atoms with Crippen molar-refractivity contribution in [2.75, 3.05) is 74.7 Å². The second-order valence-electron chi connectivity index (χ2n) is 11.9. The number of nitriles is 1. The summed E-state index contributed by atoms with van der Waals surface area (Å²) in [5.74, 6) is 0.926. The number of halogens is 1. The van der Waals surface area contributed by atoms with Crippen molar-refractivity contribution >= 4 is 23.4 Å². The summed E-state index contributed by atoms with van der Waals surface area (Å²) in [7, 11) is 4.18. The first kappa shape index (κ1) is 29.0. The van der Waals surface area contributed by atoms with Crippen molar-refractivity contribution in [2.24, 2.45) is 0 Å². The number of likely N-dealkylation sites (tertiary alicyclic amines) is 1. The summed E-state index contributed by atoms with van der Waals surface area (Å²) < 4.78 is 20.0. The van der Waals surface area contributed by atoms with Crippen molar-refractivity contribution in [3.8, 4) is 12.1 Å². The van der Waals surface area contributed by atoms with Crippen LogP contribution in [0.3, 0.4) is 0 Å². The molecular weight excluding hydrogens is 551 g/mol. The Labute approximate surface area is 251 Å². The molecule has 0 N–H and O–H groups in total. The second-order valence-corrected chi connectivity index (χ2v) is 11.9. The average Bonchev–Trinajstić information content (AvgIpc) is 3.43. The van der Waals surface area contributed by atoms with Gasteiger partial charge in [-0.2, -0.15) is 15.2 Å². The van der Waals surface area contributed by atoms with Gasteiger partial charge in [0.1, 0.15) is 30.4 Å². The molecule has 0 unspecified atom stereocenters. The van der Waals surface area contributed by atoms with Crippen LogP contribution >= 0.6 is 0 Å². The summed E-state index contributed by atoms with van der Waals surface area (Å²) in [5, 5.41) is 9.49. The maximum absolute atomic E-state index is 13.8. The lowest BCUT2D eigenvalue weighted by Crippen LogP contribution is -2.55. The van der Waals surface area contributed by atoms with Crippen molar-refractivity contribution in [3.63, 3.8) is 0 Å². The smallest absolute Gasteiger partial charge is 0.318 e. The minimum Gasteiger partial charge on any atom is -0.462 e. The van der Waals surface area contributed by atoms with Gasteiger partial charge in [-0.25, -0.2) is 14.4 Å². The predicted molar refractivity (Wildman–Crippen MR) is 160 cm³/mol. The van der Waals surface area contributed by atoms with Gasteiger partial charge < -0.3 is 29.2 Å². The lowest BCUT2D eigenvalue weighted by Gasteiger charge is -2.42. The molecule has 12 nitrogen and oxygen atoms in total. The molecule has 2 fully saturated rings. The van der Waals surface area contributed by atoms with Gasteiger partial charge in [0.05, 0.1) is 30.8 Å². The summed E-state index contributed by atoms with van der Waals surface area (Å²) in [4.78, 5) is 41.9. The highest BCUT2D eigenvalue weighted by Crippen LogP contribution is 2.36. The lowest BCUT2D eigenvalue weighted by atomic mass is 10.0. The average molecular weight is 591 g/mol. The Morgan fingerprint density at radius 1 is 1.02 bits per heavy atom. The van der Waals surface area contributed by atoms with Crippen LogP contribution < -0.4 is 19.4 Å². The third kappa shape index (κ3) is 5.80. The SMILES string of the molecule is C=C(F)C(=O)N1CCN(c2nc(OC[C@@H]3CCCN3C)nc3c2CCN(c2ncnc4c2CCCN4C)C3)C[C@@H]1CC#N. The molecule has 0 aromatic carbocycles. The molecule has 4 aliphatic rings. The predicted octanol–water partition coefficient (Wildman–Crippen LogP) is 2.10. The quantitative estimate of drug-likeness (QED) is 0.441. The molecule has 43 heavy (non-hydrogen) atoms. The summed E-state index contributed by atoms with van der Waals surface area (Å²) in [6, 6.07) is 2.32. The van der Waals surface area contributed by atoms with E-state index in [9.17, 15) is 14.4 Å². The van der Waals surface area contributed by atoms with E-state index in [1.165, 1.54) is 10.5 Å². The minimum atomic E-state index is -1.01. The van der Waals surface area contributed by atoms with Gasteiger partial charge in [-0.05, 0) is 45.7 Å². The summed E-state index contributed by atoms with van der Waals surface area (Å²) in [5.41, 5.74) is 3.09. The van der Waals surface area contributed by atoms with E-state index in [1.807, 2.05) is 0 Å². The van der Waals surface area contributed by atoms with Gasteiger partial charge in [0.2, 0.25) is 0 Å². The molecule has 6 heterocycles. The number of rotatable bonds is 7. The number of piperazine rings is 1. The lowest BCUT2D eigenvalue weighted by molar-refractivity contribution is -0.131. The normalized spacial score (nSPS) is 22.2. The molecule has 0 radical (unpaired) electrons. The third-order valence-electron chi connectivity index (χ3n) is 9.18. The zero-order valence-corrected chi connectivity index (χ0v) is 25.0. The van der Waals surface area contributed by atoms with Crippen molar-refractivity contribution in [2.45, 2.75) is 57.2 Å². The van der Waals surface area contributed by atoms with Gasteiger partial charge in [0.15, 0.2) is 5.83 Å². The Hall–Kier alpha value is -4.05. The summed E-state index contributed by atoms with van der Waals surface area (Å²) in [6.45, 7) is 8.08. The van der Waals surface area contributed by atoms with Crippen LogP contribution in [0.25, 0.3) is 0 Å². The molecule has 0 bridgehead atoms. The van der Waals surface area contributed by atoms with Crippen LogP contribution in [0.4, 0.5) is 21.8 Å². The highest BCUT2D eigenvalue weighted by molar-refractivity contribution is 5.91. The number of amides is 1. The van der Waals surface area contributed by atoms with Gasteiger partial charge in [-0.15, -0.1) is 0 Å². The van der Waals surface area contributed by atoms with E-state index in [2.05, 4.69) is 51.3 Å². The number of hydrogen-bond donors (Lipinski definition) is 0. The molecule has 0 saturated carbocycles. The standard InChI is InChI=1S/C30H39FN10O2/c1-20(31)29(42)41-15-14-40(16-21(41)8-10-32)28-23-9-13-39(27-24-7-5-12-38(3)26(24)33-19-34-27)17-25(23)35-30(36-28)43-18-22-6-4-11-37(22)2/h19,21-22H,1,4-9,11-18H2,2-3H3/t21-,22-/m0/s1. The fourth-order valence-electron chi connectivity index (χ4n) is 6.83. The number of ether oxygens (including phenoxy) is 1. The highest BCUT2D eigenvalue weighted by atomic mass is 19.1. The zero-order valence-electron chi connectivity index (χ0n) is 25.0. The van der Waals surface area contributed by atoms with Crippen LogP contribution in [-0.4, -0.2) is 108 Å². The molecule has 6 rings (SSSR count). The molecular formula is C30H39FN10O2. The molecule has 13 heteroatoms. The van der Waals surface area contributed by atoms with E-state index < -0.39 is 17.8 Å². The van der Waals surface area contributed by atoms with Gasteiger partial charge >= 0.3 is 6.01 Å². The number of carbonyl (C=O) groups excluding carboxylic acids is 1. The van der Waals surface area contributed by atoms with Crippen LogP contribution in [0.15, 0.2) is 18.7 Å². The van der Waals surface area contributed by atoms with Crippen LogP contribution in [-0.2, 0) is 24.2 Å². The monoisotopic (exact) mass is 590 g/mol. The molecule has 2 atom stereocenters. The van der Waals surface area contributed by atoms with Crippen molar-refractivity contribution < 1.29 is 13.9 Å². The number of aromatic nitrogens is 4. The first-order valence-electron chi connectivity index (χ1n) is 15.1. The number of carbonyl (C=O) groups is 1. The molecule has 2 aromatic rings. The van der Waals surface area contributed by atoms with Crippen LogP contribution in [0.1, 0.15) is 42.5 Å². The Kier molecular flexibility index (Phi) is 8.30. The molecule has 228 valence electrons. The highest BCUT2D eigenvalue weighted by Gasteiger charge is 2.35. The maximum atomic E-state index is 13.8. The van der Waals surface area contributed by atoms with E-state index in [0.717, 1.165) is 74.0 Å². The number of nitrogens with zero attached hydrogens (tertiary/aromatic N) is 10. The van der Waals surface area contributed by atoms with Crippen LogP contribution in [0.5, 0.6) is 6.01 Å². The molecule has 0 aliphatic carbocycles. The van der Waals surface area contributed by atoms with Gasteiger partial charge in [-0.3, -0.25) is 4.79 Å². The number of fused-ring (bicyclic) bond motifs is 2. The Balaban J connectivity index is 1.31. The third-order valence-corrected chi connectivity index (χ3v) is 9.18. The number of anilines is 3. The van der Waals surface area contributed by atoms with Gasteiger partial charge in [0.25, 0.3) is 5.91 Å². The second kappa shape index (κ2) is 12.3. The Morgan fingerprint density at radius 3 is 2.63 bits per heavy atom. The van der Waals surface area contributed by atoms with Crippen LogP contribution in [0.2, 0.25) is 0 Å². The molecule has 0 spiro atoms. The van der Waals surface area contributed by atoms with E-state index in [0.29, 0.717) is 44.7 Å². The molecule has 4 aliphatic heterocycles. The minimum absolute atomic E-state index is 0.0845.